The van der Waals surface area contributed by atoms with Gasteiger partial charge in [-0.1, -0.05) is 13.3 Å². The fourth-order valence-electron chi connectivity index (χ4n) is 7.13. The van der Waals surface area contributed by atoms with Gasteiger partial charge in [0.15, 0.2) is 34.7 Å². The summed E-state index contributed by atoms with van der Waals surface area (Å²) >= 11 is 0. The first kappa shape index (κ1) is 31.6. The van der Waals surface area contributed by atoms with Crippen LogP contribution in [0.3, 0.4) is 0 Å². The number of alkyl halides is 3. The molecule has 0 aliphatic heterocycles. The van der Waals surface area contributed by atoms with Gasteiger partial charge in [-0.2, -0.15) is 0 Å². The van der Waals surface area contributed by atoms with E-state index in [2.05, 4.69) is 4.74 Å². The Morgan fingerprint density at radius 3 is 2.29 bits per heavy atom. The Balaban J connectivity index is 1.93. The maximum Gasteiger partial charge on any atom is 0.573 e. The zero-order chi connectivity index (χ0) is 31.6. The summed E-state index contributed by atoms with van der Waals surface area (Å²) in [6.07, 6.45) is -4.85. The van der Waals surface area contributed by atoms with Gasteiger partial charge in [0, 0.05) is 23.1 Å². The number of nitrogens with two attached hydrogens (primary N) is 1. The van der Waals surface area contributed by atoms with Crippen molar-refractivity contribution < 1.29 is 52.1 Å². The molecule has 4 N–H and O–H groups in total. The zero-order valence-corrected chi connectivity index (χ0v) is 23.8. The zero-order valence-electron chi connectivity index (χ0n) is 23.8. The minimum atomic E-state index is -5.16. The second-order valence-electron chi connectivity index (χ2n) is 11.8. The van der Waals surface area contributed by atoms with E-state index in [0.717, 1.165) is 6.07 Å². The predicted molar refractivity (Wildman–Crippen MR) is 139 cm³/mol. The van der Waals surface area contributed by atoms with Crippen molar-refractivity contribution in [1.29, 1.82) is 0 Å². The highest BCUT2D eigenvalue weighted by Crippen LogP contribution is 2.53. The van der Waals surface area contributed by atoms with Gasteiger partial charge in [0.2, 0.25) is 5.91 Å². The summed E-state index contributed by atoms with van der Waals surface area (Å²) in [6, 6.07) is -0.953. The van der Waals surface area contributed by atoms with E-state index in [1.54, 1.807) is 19.0 Å². The maximum atomic E-state index is 13.9. The normalized spacial score (nSPS) is 30.2. The summed E-state index contributed by atoms with van der Waals surface area (Å²) in [6.45, 7) is 1.83. The van der Waals surface area contributed by atoms with E-state index in [9.17, 15) is 47.4 Å². The Bertz CT molecular complexity index is 1360. The van der Waals surface area contributed by atoms with Gasteiger partial charge in [0.05, 0.1) is 17.5 Å². The molecule has 0 saturated heterocycles. The largest absolute Gasteiger partial charge is 0.573 e. The van der Waals surface area contributed by atoms with E-state index in [1.165, 1.54) is 19.0 Å². The third-order valence-electron chi connectivity index (χ3n) is 8.80. The maximum absolute atomic E-state index is 13.9. The number of likely N-dealkylation sites (N-methyl/N-ethyl adjacent to an activating group) is 1. The third-order valence-corrected chi connectivity index (χ3v) is 8.80. The van der Waals surface area contributed by atoms with Crippen LogP contribution in [0.2, 0.25) is 0 Å². The number of hydrogen-bond acceptors (Lipinski definition) is 10. The molecule has 2 fully saturated rings. The number of amides is 1. The molecule has 7 unspecified atom stereocenters. The molecule has 2 saturated carbocycles. The van der Waals surface area contributed by atoms with Crippen molar-refractivity contribution in [2.24, 2.45) is 29.4 Å². The lowest BCUT2D eigenvalue weighted by Crippen LogP contribution is -2.74. The molecular formula is C28H34F3N3O8. The summed E-state index contributed by atoms with van der Waals surface area (Å²) in [7, 11) is 6.16. The van der Waals surface area contributed by atoms with Crippen LogP contribution in [0.4, 0.5) is 13.2 Å². The molecule has 0 aromatic heterocycles. The fourth-order valence-corrected chi connectivity index (χ4v) is 7.13. The second-order valence-corrected chi connectivity index (χ2v) is 11.8. The van der Waals surface area contributed by atoms with Gasteiger partial charge in [-0.25, -0.2) is 0 Å². The van der Waals surface area contributed by atoms with Crippen molar-refractivity contribution in [3.05, 3.63) is 22.8 Å². The number of halogens is 3. The molecule has 230 valence electrons. The second kappa shape index (κ2) is 10.7. The summed E-state index contributed by atoms with van der Waals surface area (Å²) in [5.41, 5.74) is 1.54. The quantitative estimate of drug-likeness (QED) is 0.388. The SMILES string of the molecule is CCCC(c1cc(O)c2c(c1OC(F)(F)F)CC1CC3C(N(C)C)C(=O)C(C(N)=O)C(=O)C3(O)C(=O)C1C2=O)N(C)C. The van der Waals surface area contributed by atoms with Crippen LogP contribution in [-0.2, 0) is 25.6 Å². The number of Topliss-reactive ketones (excluding diaryl/α,β-unsaturated/α-hetero) is 4. The minimum absolute atomic E-state index is 0.00111. The first-order chi connectivity index (χ1) is 19.4. The number of aromatic hydroxyl groups is 1. The van der Waals surface area contributed by atoms with Gasteiger partial charge in [0.1, 0.15) is 11.5 Å². The van der Waals surface area contributed by atoms with Crippen LogP contribution in [0.1, 0.15) is 53.7 Å². The van der Waals surface area contributed by atoms with E-state index in [-0.39, 0.29) is 24.0 Å². The van der Waals surface area contributed by atoms with E-state index >= 15 is 0 Å². The molecular weight excluding hydrogens is 563 g/mol. The highest BCUT2D eigenvalue weighted by Gasteiger charge is 2.69. The van der Waals surface area contributed by atoms with E-state index in [0.29, 0.717) is 12.8 Å². The number of phenolic OH excluding ortho intramolecular Hbond substituents is 1. The lowest BCUT2D eigenvalue weighted by molar-refractivity contribution is -0.275. The first-order valence-electron chi connectivity index (χ1n) is 13.5. The average Bonchev–Trinajstić information content (AvgIpc) is 2.85. The molecule has 4 rings (SSSR count). The van der Waals surface area contributed by atoms with Crippen LogP contribution < -0.4 is 10.5 Å². The van der Waals surface area contributed by atoms with E-state index in [4.69, 9.17) is 5.73 Å². The van der Waals surface area contributed by atoms with Crippen molar-refractivity contribution in [2.45, 2.75) is 56.7 Å². The third kappa shape index (κ3) is 4.78. The monoisotopic (exact) mass is 597 g/mol. The average molecular weight is 598 g/mol. The highest BCUT2D eigenvalue weighted by molar-refractivity contribution is 6.32. The number of ether oxygens (including phenoxy) is 1. The number of benzene rings is 1. The highest BCUT2D eigenvalue weighted by atomic mass is 19.4. The Morgan fingerprint density at radius 1 is 1.17 bits per heavy atom. The first-order valence-corrected chi connectivity index (χ1v) is 13.5. The lowest BCUT2D eigenvalue weighted by atomic mass is 9.52. The number of ketones is 4. The summed E-state index contributed by atoms with van der Waals surface area (Å²) in [5, 5.41) is 22.6. The molecule has 0 spiro atoms. The number of carbonyl (C=O) groups excluding carboxylic acids is 5. The van der Waals surface area contributed by atoms with Crippen molar-refractivity contribution >= 4 is 29.0 Å². The van der Waals surface area contributed by atoms with Crippen LogP contribution >= 0.6 is 0 Å². The topological polar surface area (TPSA) is 168 Å². The molecule has 7 atom stereocenters. The molecule has 3 aliphatic carbocycles. The van der Waals surface area contributed by atoms with Crippen molar-refractivity contribution in [1.82, 2.24) is 9.80 Å². The predicted octanol–water partition coefficient (Wildman–Crippen LogP) is 1.17. The number of nitrogens with zero attached hydrogens (tertiary/aromatic N) is 2. The number of hydrogen-bond donors (Lipinski definition) is 3. The van der Waals surface area contributed by atoms with Gasteiger partial charge in [-0.3, -0.25) is 28.9 Å². The van der Waals surface area contributed by atoms with Gasteiger partial charge in [-0.15, -0.1) is 13.2 Å². The standard InChI is InChI=1S/C28H34F3N3O8/c1-6-7-15(33(2)3)12-10-16(35)18-13(23(12)42-28(29,30)31)8-11-9-14-20(34(4)5)22(37)19(26(32)40)25(39)27(14,41)24(38)17(11)21(18)36/h10-11,14-15,17,19-20,35,41H,6-9H2,1-5H3,(H2,32,40). The number of fused-ring (bicyclic) bond motifs is 3. The summed E-state index contributed by atoms with van der Waals surface area (Å²) < 4.78 is 45.7. The van der Waals surface area contributed by atoms with Crippen molar-refractivity contribution in [2.75, 3.05) is 28.2 Å². The van der Waals surface area contributed by atoms with Crippen LogP contribution in [-0.4, -0.2) is 95.2 Å². The van der Waals surface area contributed by atoms with Crippen LogP contribution in [0.25, 0.3) is 0 Å². The van der Waals surface area contributed by atoms with Crippen molar-refractivity contribution in [3.8, 4) is 11.5 Å². The molecule has 42 heavy (non-hydrogen) atoms. The fraction of sp³-hybridized carbons (Fsp3) is 0.607. The molecule has 0 heterocycles. The molecule has 0 radical (unpaired) electrons. The van der Waals surface area contributed by atoms with Gasteiger partial charge in [0.25, 0.3) is 0 Å². The van der Waals surface area contributed by atoms with Crippen LogP contribution in [0.5, 0.6) is 11.5 Å². The molecule has 1 aromatic carbocycles. The molecule has 14 heteroatoms. The van der Waals surface area contributed by atoms with Gasteiger partial charge in [-0.05, 0) is 59.4 Å². The molecule has 11 nitrogen and oxygen atoms in total. The number of phenols is 1. The Kier molecular flexibility index (Phi) is 8.06. The van der Waals surface area contributed by atoms with E-state index < -0.39 is 93.8 Å². The van der Waals surface area contributed by atoms with Gasteiger partial charge < -0.3 is 25.6 Å². The summed E-state index contributed by atoms with van der Waals surface area (Å²) in [4.78, 5) is 69.3. The van der Waals surface area contributed by atoms with E-state index in [1.807, 2.05) is 6.92 Å². The van der Waals surface area contributed by atoms with Crippen molar-refractivity contribution in [3.63, 3.8) is 0 Å². The Morgan fingerprint density at radius 2 is 1.79 bits per heavy atom. The molecule has 1 amide bonds. The van der Waals surface area contributed by atoms with Gasteiger partial charge >= 0.3 is 6.36 Å². The Labute approximate surface area is 239 Å². The minimum Gasteiger partial charge on any atom is -0.507 e. The summed E-state index contributed by atoms with van der Waals surface area (Å²) in [5.74, 6) is -13.7. The smallest absolute Gasteiger partial charge is 0.507 e. The molecule has 1 aromatic rings. The number of rotatable bonds is 7. The van der Waals surface area contributed by atoms with Crippen LogP contribution in [0.15, 0.2) is 6.07 Å². The lowest BCUT2D eigenvalue weighted by Gasteiger charge is -2.52. The number of aliphatic hydroxyl groups is 1. The number of carbonyl (C=O) groups is 5. The molecule has 3 aliphatic rings. The molecule has 0 bridgehead atoms. The number of primary amides is 1. The Hall–Kier alpha value is -3.36. The van der Waals surface area contributed by atoms with Crippen LogP contribution in [0, 0.1) is 23.7 Å².